The number of hydrogen-bond acceptors (Lipinski definition) is 4. The van der Waals surface area contributed by atoms with Crippen molar-refractivity contribution in [3.05, 3.63) is 89.7 Å². The molecule has 1 N–H and O–H groups in total. The number of benzene rings is 2. The second kappa shape index (κ2) is 8.05. The second-order valence-electron chi connectivity index (χ2n) is 6.81. The Bertz CT molecular complexity index is 981. The summed E-state index contributed by atoms with van der Waals surface area (Å²) in [7, 11) is 0. The lowest BCUT2D eigenvalue weighted by molar-refractivity contribution is 0.0753. The van der Waals surface area contributed by atoms with Gasteiger partial charge in [-0.05, 0) is 35.7 Å². The summed E-state index contributed by atoms with van der Waals surface area (Å²) in [6.45, 7) is 2.29. The Morgan fingerprint density at radius 1 is 1.00 bits per heavy atom. The van der Waals surface area contributed by atoms with Crippen LogP contribution in [0.25, 0.3) is 11.1 Å². The molecule has 1 amide bonds. The quantitative estimate of drug-likeness (QED) is 0.738. The van der Waals surface area contributed by atoms with E-state index >= 15 is 0 Å². The van der Waals surface area contributed by atoms with E-state index in [0.29, 0.717) is 18.5 Å². The Morgan fingerprint density at radius 2 is 1.71 bits per heavy atom. The molecule has 0 saturated heterocycles. The molecule has 0 unspecified atom stereocenters. The molecule has 2 heterocycles. The zero-order chi connectivity index (χ0) is 19.3. The van der Waals surface area contributed by atoms with Crippen molar-refractivity contribution in [3.63, 3.8) is 0 Å². The molecule has 0 fully saturated rings. The predicted molar refractivity (Wildman–Crippen MR) is 109 cm³/mol. The SMILES string of the molecule is Cc1ccc(C(=O)NC[C@H]2CC(c3ccc(-c4ccccc4)cc3)=NO2)cn1. The normalized spacial score (nSPS) is 15.6. The summed E-state index contributed by atoms with van der Waals surface area (Å²) in [6.07, 6.45) is 2.08. The molecule has 0 spiro atoms. The van der Waals surface area contributed by atoms with E-state index in [1.54, 1.807) is 12.3 Å². The number of aromatic nitrogens is 1. The van der Waals surface area contributed by atoms with Crippen molar-refractivity contribution in [2.24, 2.45) is 5.16 Å². The number of nitrogens with zero attached hydrogens (tertiary/aromatic N) is 2. The number of amides is 1. The maximum absolute atomic E-state index is 12.2. The van der Waals surface area contributed by atoms with Crippen molar-refractivity contribution in [1.29, 1.82) is 0 Å². The Labute approximate surface area is 164 Å². The van der Waals surface area contributed by atoms with E-state index in [0.717, 1.165) is 17.0 Å². The Hall–Kier alpha value is -3.47. The molecule has 0 bridgehead atoms. The average molecular weight is 371 g/mol. The van der Waals surface area contributed by atoms with E-state index in [1.807, 2.05) is 31.2 Å². The number of pyridine rings is 1. The van der Waals surface area contributed by atoms with Crippen molar-refractivity contribution in [2.45, 2.75) is 19.4 Å². The molecule has 140 valence electrons. The zero-order valence-electron chi connectivity index (χ0n) is 15.6. The summed E-state index contributed by atoms with van der Waals surface area (Å²) >= 11 is 0. The van der Waals surface area contributed by atoms with Crippen LogP contribution in [0.15, 0.2) is 78.1 Å². The Morgan fingerprint density at radius 3 is 2.43 bits per heavy atom. The van der Waals surface area contributed by atoms with Crippen molar-refractivity contribution < 1.29 is 9.63 Å². The summed E-state index contributed by atoms with van der Waals surface area (Å²) in [4.78, 5) is 21.8. The predicted octanol–water partition coefficient (Wildman–Crippen LogP) is 3.98. The van der Waals surface area contributed by atoms with Gasteiger partial charge in [-0.1, -0.05) is 59.8 Å². The number of aryl methyl sites for hydroxylation is 1. The van der Waals surface area contributed by atoms with Gasteiger partial charge in [-0.2, -0.15) is 0 Å². The summed E-state index contributed by atoms with van der Waals surface area (Å²) in [6, 6.07) is 22.1. The number of hydrogen-bond donors (Lipinski definition) is 1. The number of rotatable bonds is 5. The van der Waals surface area contributed by atoms with Crippen molar-refractivity contribution in [3.8, 4) is 11.1 Å². The topological polar surface area (TPSA) is 63.6 Å². The second-order valence-corrected chi connectivity index (χ2v) is 6.81. The third-order valence-corrected chi connectivity index (χ3v) is 4.72. The standard InChI is InChI=1S/C23H21N3O2/c1-16-7-8-20(14-24-16)23(27)25-15-21-13-22(26-28-21)19-11-9-18(10-12-19)17-5-3-2-4-6-17/h2-12,14,21H,13,15H2,1H3,(H,25,27)/t21-/m1/s1. The van der Waals surface area contributed by atoms with E-state index in [9.17, 15) is 4.79 Å². The van der Waals surface area contributed by atoms with Crippen LogP contribution in [0.5, 0.6) is 0 Å². The maximum atomic E-state index is 12.2. The molecular weight excluding hydrogens is 350 g/mol. The van der Waals surface area contributed by atoms with Crippen LogP contribution in [-0.4, -0.2) is 29.3 Å². The Balaban J connectivity index is 1.32. The molecule has 28 heavy (non-hydrogen) atoms. The molecule has 0 saturated carbocycles. The van der Waals surface area contributed by atoms with Gasteiger partial charge in [0.25, 0.3) is 5.91 Å². The molecule has 5 nitrogen and oxygen atoms in total. The molecule has 1 aromatic heterocycles. The smallest absolute Gasteiger partial charge is 0.252 e. The highest BCUT2D eigenvalue weighted by atomic mass is 16.6. The van der Waals surface area contributed by atoms with E-state index in [4.69, 9.17) is 4.84 Å². The third kappa shape index (κ3) is 4.09. The van der Waals surface area contributed by atoms with Crippen LogP contribution in [0.1, 0.15) is 28.0 Å². The number of nitrogens with one attached hydrogen (secondary N) is 1. The van der Waals surface area contributed by atoms with Gasteiger partial charge in [0.2, 0.25) is 0 Å². The van der Waals surface area contributed by atoms with Gasteiger partial charge in [0.15, 0.2) is 0 Å². The molecular formula is C23H21N3O2. The molecule has 1 aliphatic heterocycles. The lowest BCUT2D eigenvalue weighted by Gasteiger charge is -2.10. The molecule has 5 heteroatoms. The molecule has 0 radical (unpaired) electrons. The number of carbonyl (C=O) groups is 1. The summed E-state index contributed by atoms with van der Waals surface area (Å²) in [5.74, 6) is -0.156. The van der Waals surface area contributed by atoms with Crippen LogP contribution >= 0.6 is 0 Å². The van der Waals surface area contributed by atoms with Gasteiger partial charge >= 0.3 is 0 Å². The maximum Gasteiger partial charge on any atom is 0.252 e. The van der Waals surface area contributed by atoms with Crippen LogP contribution < -0.4 is 5.32 Å². The van der Waals surface area contributed by atoms with Gasteiger partial charge in [-0.3, -0.25) is 9.78 Å². The molecule has 0 aliphatic carbocycles. The van der Waals surface area contributed by atoms with Gasteiger partial charge in [-0.15, -0.1) is 0 Å². The van der Waals surface area contributed by atoms with Gasteiger partial charge in [0.05, 0.1) is 17.8 Å². The fraction of sp³-hybridized carbons (Fsp3) is 0.174. The zero-order valence-corrected chi connectivity index (χ0v) is 15.6. The molecule has 1 atom stereocenters. The molecule has 4 rings (SSSR count). The first-order valence-corrected chi connectivity index (χ1v) is 9.28. The summed E-state index contributed by atoms with van der Waals surface area (Å²) in [5, 5.41) is 7.09. The van der Waals surface area contributed by atoms with Crippen LogP contribution in [-0.2, 0) is 4.84 Å². The lowest BCUT2D eigenvalue weighted by Crippen LogP contribution is -2.32. The third-order valence-electron chi connectivity index (χ3n) is 4.72. The number of oxime groups is 1. The first-order valence-electron chi connectivity index (χ1n) is 9.28. The lowest BCUT2D eigenvalue weighted by atomic mass is 10.00. The van der Waals surface area contributed by atoms with Crippen molar-refractivity contribution in [1.82, 2.24) is 10.3 Å². The van der Waals surface area contributed by atoms with Gasteiger partial charge in [0.1, 0.15) is 6.10 Å². The monoisotopic (exact) mass is 371 g/mol. The molecule has 1 aliphatic rings. The van der Waals surface area contributed by atoms with Gasteiger partial charge in [0, 0.05) is 18.3 Å². The first-order chi connectivity index (χ1) is 13.7. The molecule has 2 aromatic carbocycles. The fourth-order valence-corrected chi connectivity index (χ4v) is 3.10. The summed E-state index contributed by atoms with van der Waals surface area (Å²) < 4.78 is 0. The van der Waals surface area contributed by atoms with Crippen LogP contribution in [0.3, 0.4) is 0 Å². The average Bonchev–Trinajstić information content (AvgIpc) is 3.22. The van der Waals surface area contributed by atoms with Gasteiger partial charge in [-0.25, -0.2) is 0 Å². The van der Waals surface area contributed by atoms with Crippen LogP contribution in [0.4, 0.5) is 0 Å². The van der Waals surface area contributed by atoms with E-state index in [2.05, 4.69) is 51.9 Å². The van der Waals surface area contributed by atoms with Crippen LogP contribution in [0.2, 0.25) is 0 Å². The van der Waals surface area contributed by atoms with E-state index in [1.165, 1.54) is 11.1 Å². The minimum Gasteiger partial charge on any atom is -0.390 e. The highest BCUT2D eigenvalue weighted by Crippen LogP contribution is 2.22. The highest BCUT2D eigenvalue weighted by molar-refractivity contribution is 6.01. The summed E-state index contributed by atoms with van der Waals surface area (Å²) in [5.41, 5.74) is 5.71. The van der Waals surface area contributed by atoms with Crippen LogP contribution in [0, 0.1) is 6.92 Å². The van der Waals surface area contributed by atoms with E-state index in [-0.39, 0.29) is 12.0 Å². The highest BCUT2D eigenvalue weighted by Gasteiger charge is 2.23. The first kappa shape index (κ1) is 17.9. The Kier molecular flexibility index (Phi) is 5.15. The largest absolute Gasteiger partial charge is 0.390 e. The minimum atomic E-state index is -0.161. The molecule has 3 aromatic rings. The van der Waals surface area contributed by atoms with E-state index < -0.39 is 0 Å². The van der Waals surface area contributed by atoms with Gasteiger partial charge < -0.3 is 10.2 Å². The minimum absolute atomic E-state index is 0.156. The fourth-order valence-electron chi connectivity index (χ4n) is 3.10. The van der Waals surface area contributed by atoms with Crippen molar-refractivity contribution in [2.75, 3.05) is 6.54 Å². The number of carbonyl (C=O) groups excluding carboxylic acids is 1. The van der Waals surface area contributed by atoms with Crippen molar-refractivity contribution >= 4 is 11.6 Å².